The minimum Gasteiger partial charge on any atom is -0.384 e. The maximum atomic E-state index is 13.1. The lowest BCUT2D eigenvalue weighted by Gasteiger charge is -2.01. The van der Waals surface area contributed by atoms with Crippen molar-refractivity contribution in [3.63, 3.8) is 0 Å². The van der Waals surface area contributed by atoms with Crippen LogP contribution in [-0.4, -0.2) is 14.6 Å². The van der Waals surface area contributed by atoms with E-state index in [0.717, 1.165) is 11.1 Å². The van der Waals surface area contributed by atoms with E-state index < -0.39 is 0 Å². The largest absolute Gasteiger partial charge is 0.384 e. The molecule has 0 saturated carbocycles. The van der Waals surface area contributed by atoms with Crippen LogP contribution < -0.4 is 5.73 Å². The van der Waals surface area contributed by atoms with Crippen molar-refractivity contribution in [2.75, 3.05) is 5.73 Å². The molecule has 2 N–H and O–H groups in total. The average molecular weight is 242 g/mol. The molecule has 0 bridgehead atoms. The van der Waals surface area contributed by atoms with Gasteiger partial charge in [0.1, 0.15) is 11.6 Å². The highest BCUT2D eigenvalue weighted by Crippen LogP contribution is 2.16. The van der Waals surface area contributed by atoms with Gasteiger partial charge < -0.3 is 5.73 Å². The van der Waals surface area contributed by atoms with Crippen LogP contribution in [0.5, 0.6) is 0 Å². The quantitative estimate of drug-likeness (QED) is 0.748. The first-order chi connectivity index (χ1) is 8.74. The lowest BCUT2D eigenvalue weighted by Crippen LogP contribution is -1.99. The van der Waals surface area contributed by atoms with Crippen LogP contribution in [0.15, 0.2) is 42.7 Å². The summed E-state index contributed by atoms with van der Waals surface area (Å²) in [5.41, 5.74) is 8.30. The number of aromatic nitrogens is 3. The lowest BCUT2D eigenvalue weighted by molar-refractivity contribution is 0.626. The first-order valence-electron chi connectivity index (χ1n) is 5.55. The van der Waals surface area contributed by atoms with Gasteiger partial charge in [-0.25, -0.2) is 9.37 Å². The summed E-state index contributed by atoms with van der Waals surface area (Å²) in [6, 6.07) is 8.19. The molecule has 4 nitrogen and oxygen atoms in total. The molecule has 0 radical (unpaired) electrons. The van der Waals surface area contributed by atoms with Crippen molar-refractivity contribution in [2.45, 2.75) is 6.42 Å². The Hall–Kier alpha value is -2.43. The minimum atomic E-state index is -0.239. The normalized spacial score (nSPS) is 10.9. The van der Waals surface area contributed by atoms with Gasteiger partial charge in [0, 0.05) is 18.2 Å². The molecule has 0 spiro atoms. The first kappa shape index (κ1) is 10.7. The summed E-state index contributed by atoms with van der Waals surface area (Å²) in [6.07, 6.45) is 3.93. The number of hydrogen-bond donors (Lipinski definition) is 1. The van der Waals surface area contributed by atoms with Gasteiger partial charge in [0.25, 0.3) is 0 Å². The van der Waals surface area contributed by atoms with Crippen molar-refractivity contribution < 1.29 is 4.39 Å². The number of hydrogen-bond acceptors (Lipinski definition) is 3. The fourth-order valence-electron chi connectivity index (χ4n) is 1.95. The molecule has 0 aliphatic rings. The summed E-state index contributed by atoms with van der Waals surface area (Å²) in [7, 11) is 0. The summed E-state index contributed by atoms with van der Waals surface area (Å²) in [5, 5.41) is 4.17. The monoisotopic (exact) mass is 242 g/mol. The molecule has 0 aliphatic heterocycles. The molecule has 0 fully saturated rings. The molecule has 2 heterocycles. The molecule has 5 heteroatoms. The van der Waals surface area contributed by atoms with Gasteiger partial charge in [-0.2, -0.15) is 9.61 Å². The van der Waals surface area contributed by atoms with Gasteiger partial charge in [0.15, 0.2) is 5.65 Å². The molecule has 90 valence electrons. The molecule has 0 amide bonds. The molecule has 18 heavy (non-hydrogen) atoms. The van der Waals surface area contributed by atoms with Crippen molar-refractivity contribution >= 4 is 11.5 Å². The third-order valence-electron chi connectivity index (χ3n) is 2.79. The molecule has 0 aliphatic carbocycles. The smallest absolute Gasteiger partial charge is 0.160 e. The van der Waals surface area contributed by atoms with Crippen LogP contribution in [0, 0.1) is 5.82 Å². The van der Waals surface area contributed by atoms with Gasteiger partial charge in [-0.3, -0.25) is 0 Å². The molecule has 0 unspecified atom stereocenters. The van der Waals surface area contributed by atoms with Crippen LogP contribution in [0.25, 0.3) is 5.65 Å². The van der Waals surface area contributed by atoms with Crippen molar-refractivity contribution in [3.8, 4) is 0 Å². The van der Waals surface area contributed by atoms with Crippen LogP contribution in [-0.2, 0) is 6.42 Å². The Labute approximate surface area is 103 Å². The van der Waals surface area contributed by atoms with E-state index in [1.807, 2.05) is 6.07 Å². The van der Waals surface area contributed by atoms with E-state index >= 15 is 0 Å². The van der Waals surface area contributed by atoms with Crippen molar-refractivity contribution in [2.24, 2.45) is 0 Å². The zero-order valence-electron chi connectivity index (χ0n) is 9.55. The van der Waals surface area contributed by atoms with E-state index in [-0.39, 0.29) is 5.82 Å². The molecule has 0 atom stereocenters. The van der Waals surface area contributed by atoms with Crippen molar-refractivity contribution in [1.82, 2.24) is 14.6 Å². The summed E-state index contributed by atoms with van der Waals surface area (Å²) in [5.74, 6) is 0.293. The zero-order valence-corrected chi connectivity index (χ0v) is 9.55. The fraction of sp³-hybridized carbons (Fsp3) is 0.0769. The molecule has 3 rings (SSSR count). The standard InChI is InChI=1S/C13H11FN4/c14-11-3-1-2-9(7-11)6-10-8-17-18-12(15)4-5-16-13(10)18/h1-5,7-8H,6,15H2. The fourth-order valence-corrected chi connectivity index (χ4v) is 1.95. The van der Waals surface area contributed by atoms with Gasteiger partial charge in [0.2, 0.25) is 0 Å². The number of halogens is 1. The number of rotatable bonds is 2. The van der Waals surface area contributed by atoms with Crippen LogP contribution >= 0.6 is 0 Å². The van der Waals surface area contributed by atoms with E-state index in [1.54, 1.807) is 29.0 Å². The Morgan fingerprint density at radius 2 is 2.17 bits per heavy atom. The number of nitrogens with zero attached hydrogens (tertiary/aromatic N) is 3. The van der Waals surface area contributed by atoms with E-state index in [1.165, 1.54) is 12.1 Å². The first-order valence-corrected chi connectivity index (χ1v) is 5.55. The highest BCUT2D eigenvalue weighted by molar-refractivity contribution is 5.52. The minimum absolute atomic E-state index is 0.239. The number of anilines is 1. The average Bonchev–Trinajstić information content (AvgIpc) is 2.74. The van der Waals surface area contributed by atoms with Crippen LogP contribution in [0.2, 0.25) is 0 Å². The zero-order chi connectivity index (χ0) is 12.5. The second-order valence-electron chi connectivity index (χ2n) is 4.08. The highest BCUT2D eigenvalue weighted by Gasteiger charge is 2.08. The predicted molar refractivity (Wildman–Crippen MR) is 66.6 cm³/mol. The molecule has 0 saturated heterocycles. The number of fused-ring (bicyclic) bond motifs is 1. The number of nitrogen functional groups attached to an aromatic ring is 1. The number of benzene rings is 1. The molecular weight excluding hydrogens is 231 g/mol. The van der Waals surface area contributed by atoms with Crippen LogP contribution in [0.1, 0.15) is 11.1 Å². The van der Waals surface area contributed by atoms with Crippen LogP contribution in [0.3, 0.4) is 0 Å². The maximum Gasteiger partial charge on any atom is 0.160 e. The van der Waals surface area contributed by atoms with E-state index in [9.17, 15) is 4.39 Å². The summed E-state index contributed by atoms with van der Waals surface area (Å²) in [6.45, 7) is 0. The predicted octanol–water partition coefficient (Wildman–Crippen LogP) is 2.04. The Kier molecular flexibility index (Phi) is 2.44. The second-order valence-corrected chi connectivity index (χ2v) is 4.08. The van der Waals surface area contributed by atoms with E-state index in [4.69, 9.17) is 5.73 Å². The van der Waals surface area contributed by atoms with Gasteiger partial charge >= 0.3 is 0 Å². The Morgan fingerprint density at radius 1 is 1.28 bits per heavy atom. The van der Waals surface area contributed by atoms with Crippen molar-refractivity contribution in [1.29, 1.82) is 0 Å². The second kappa shape index (κ2) is 4.10. The summed E-state index contributed by atoms with van der Waals surface area (Å²) in [4.78, 5) is 4.25. The third-order valence-corrected chi connectivity index (χ3v) is 2.79. The van der Waals surface area contributed by atoms with E-state index in [0.29, 0.717) is 17.9 Å². The maximum absolute atomic E-state index is 13.1. The SMILES string of the molecule is Nc1ccnc2c(Cc3cccc(F)c3)cnn12. The van der Waals surface area contributed by atoms with E-state index in [2.05, 4.69) is 10.1 Å². The van der Waals surface area contributed by atoms with Gasteiger partial charge in [0.05, 0.1) is 6.20 Å². The summed E-state index contributed by atoms with van der Waals surface area (Å²) < 4.78 is 14.7. The molecule has 2 aromatic heterocycles. The summed E-state index contributed by atoms with van der Waals surface area (Å²) >= 11 is 0. The van der Waals surface area contributed by atoms with Gasteiger partial charge in [-0.1, -0.05) is 12.1 Å². The highest BCUT2D eigenvalue weighted by atomic mass is 19.1. The molecule has 1 aromatic carbocycles. The lowest BCUT2D eigenvalue weighted by atomic mass is 10.1. The Morgan fingerprint density at radius 3 is 3.00 bits per heavy atom. The Balaban J connectivity index is 2.03. The van der Waals surface area contributed by atoms with Gasteiger partial charge in [-0.05, 0) is 23.8 Å². The Bertz CT molecular complexity index is 705. The van der Waals surface area contributed by atoms with Gasteiger partial charge in [-0.15, -0.1) is 0 Å². The van der Waals surface area contributed by atoms with Crippen LogP contribution in [0.4, 0.5) is 10.2 Å². The van der Waals surface area contributed by atoms with Crippen molar-refractivity contribution in [3.05, 3.63) is 59.7 Å². The molecular formula is C13H11FN4. The number of nitrogens with two attached hydrogens (primary N) is 1. The third kappa shape index (κ3) is 1.79. The molecule has 3 aromatic rings. The topological polar surface area (TPSA) is 56.2 Å².